The van der Waals surface area contributed by atoms with E-state index in [0.717, 1.165) is 17.5 Å². The quantitative estimate of drug-likeness (QED) is 0.520. The van der Waals surface area contributed by atoms with Crippen LogP contribution in [0.5, 0.6) is 0 Å². The fourth-order valence-corrected chi connectivity index (χ4v) is 3.71. The summed E-state index contributed by atoms with van der Waals surface area (Å²) in [6.45, 7) is 1.20. The van der Waals surface area contributed by atoms with Gasteiger partial charge in [-0.25, -0.2) is 0 Å². The second-order valence-electron chi connectivity index (χ2n) is 6.40. The van der Waals surface area contributed by atoms with Crippen LogP contribution in [0.1, 0.15) is 20.8 Å². The maximum atomic E-state index is 12.9. The molecule has 4 rings (SSSR count). The smallest absolute Gasteiger partial charge is 0.255 e. The number of hydrogen-bond donors (Lipinski definition) is 1. The van der Waals surface area contributed by atoms with Gasteiger partial charge >= 0.3 is 0 Å². The molecule has 3 aromatic heterocycles. The van der Waals surface area contributed by atoms with Crippen LogP contribution in [0.3, 0.4) is 0 Å². The summed E-state index contributed by atoms with van der Waals surface area (Å²) in [5.41, 5.74) is 3.18. The molecule has 0 radical (unpaired) electrons. The van der Waals surface area contributed by atoms with Crippen LogP contribution in [-0.2, 0) is 13.0 Å². The highest BCUT2D eigenvalue weighted by Gasteiger charge is 2.18. The molecular formula is C22H20N4OS. The first kappa shape index (κ1) is 18.1. The Hall–Kier alpha value is -3.25. The Morgan fingerprint density at radius 3 is 2.71 bits per heavy atom. The lowest BCUT2D eigenvalue weighted by Crippen LogP contribution is -2.25. The van der Waals surface area contributed by atoms with Gasteiger partial charge in [-0.2, -0.15) is 5.10 Å². The minimum Gasteiger partial charge on any atom is -0.352 e. The number of benzene rings is 1. The molecule has 0 aliphatic carbocycles. The Morgan fingerprint density at radius 1 is 1.07 bits per heavy atom. The third kappa shape index (κ3) is 4.35. The number of pyridine rings is 1. The first-order valence-electron chi connectivity index (χ1n) is 9.12. The van der Waals surface area contributed by atoms with E-state index in [1.807, 2.05) is 64.8 Å². The van der Waals surface area contributed by atoms with Gasteiger partial charge in [-0.05, 0) is 35.6 Å². The summed E-state index contributed by atoms with van der Waals surface area (Å²) < 4.78 is 1.81. The predicted molar refractivity (Wildman–Crippen MR) is 111 cm³/mol. The average molecular weight is 388 g/mol. The number of carbonyl (C=O) groups excluding carboxylic acids is 1. The molecule has 5 nitrogen and oxygen atoms in total. The first-order chi connectivity index (χ1) is 13.8. The summed E-state index contributed by atoms with van der Waals surface area (Å²) in [7, 11) is 0. The van der Waals surface area contributed by atoms with E-state index in [2.05, 4.69) is 21.5 Å². The summed E-state index contributed by atoms with van der Waals surface area (Å²) in [6, 6.07) is 18.0. The lowest BCUT2D eigenvalue weighted by Gasteiger charge is -2.04. The molecule has 0 fully saturated rings. The van der Waals surface area contributed by atoms with E-state index >= 15 is 0 Å². The van der Waals surface area contributed by atoms with Crippen molar-refractivity contribution in [3.8, 4) is 11.3 Å². The van der Waals surface area contributed by atoms with Crippen molar-refractivity contribution in [1.82, 2.24) is 20.1 Å². The zero-order chi connectivity index (χ0) is 19.2. The van der Waals surface area contributed by atoms with Crippen molar-refractivity contribution in [2.24, 2.45) is 0 Å². The van der Waals surface area contributed by atoms with Gasteiger partial charge in [-0.1, -0.05) is 36.4 Å². The second kappa shape index (κ2) is 8.63. The minimum absolute atomic E-state index is 0.116. The lowest BCUT2D eigenvalue weighted by molar-refractivity contribution is 0.0954. The Labute approximate surface area is 167 Å². The van der Waals surface area contributed by atoms with Gasteiger partial charge in [0.2, 0.25) is 0 Å². The van der Waals surface area contributed by atoms with Gasteiger partial charge in [0.05, 0.1) is 12.1 Å². The molecule has 4 aromatic rings. The van der Waals surface area contributed by atoms with E-state index in [-0.39, 0.29) is 5.91 Å². The largest absolute Gasteiger partial charge is 0.352 e. The van der Waals surface area contributed by atoms with E-state index in [4.69, 9.17) is 0 Å². The van der Waals surface area contributed by atoms with Crippen LogP contribution in [0.2, 0.25) is 0 Å². The molecule has 1 amide bonds. The highest BCUT2D eigenvalue weighted by Crippen LogP contribution is 2.22. The van der Waals surface area contributed by atoms with Crippen molar-refractivity contribution in [2.45, 2.75) is 13.0 Å². The van der Waals surface area contributed by atoms with Crippen LogP contribution < -0.4 is 5.32 Å². The molecule has 0 saturated heterocycles. The van der Waals surface area contributed by atoms with E-state index in [1.54, 1.807) is 23.7 Å². The normalized spacial score (nSPS) is 10.7. The monoisotopic (exact) mass is 388 g/mol. The van der Waals surface area contributed by atoms with Crippen molar-refractivity contribution < 1.29 is 4.79 Å². The number of amides is 1. The highest BCUT2D eigenvalue weighted by molar-refractivity contribution is 7.09. The van der Waals surface area contributed by atoms with Crippen LogP contribution >= 0.6 is 11.3 Å². The molecule has 1 N–H and O–H groups in total. The molecule has 28 heavy (non-hydrogen) atoms. The number of hydrogen-bond acceptors (Lipinski definition) is 4. The zero-order valence-corrected chi connectivity index (χ0v) is 16.1. The van der Waals surface area contributed by atoms with Crippen molar-refractivity contribution in [3.05, 3.63) is 94.6 Å². The molecule has 0 aliphatic heterocycles. The molecule has 0 unspecified atom stereocenters. The fourth-order valence-electron chi connectivity index (χ4n) is 3.00. The molecule has 0 aliphatic rings. The Bertz CT molecular complexity index is 1030. The third-order valence-corrected chi connectivity index (χ3v) is 5.30. The molecule has 0 atom stereocenters. The van der Waals surface area contributed by atoms with E-state index in [9.17, 15) is 4.79 Å². The fraction of sp³-hybridized carbons (Fsp3) is 0.136. The van der Waals surface area contributed by atoms with E-state index < -0.39 is 0 Å². The van der Waals surface area contributed by atoms with Gasteiger partial charge < -0.3 is 5.32 Å². The average Bonchev–Trinajstić information content (AvgIpc) is 3.39. The minimum atomic E-state index is -0.116. The maximum Gasteiger partial charge on any atom is 0.255 e. The summed E-state index contributed by atoms with van der Waals surface area (Å²) in [6.07, 6.45) is 6.09. The van der Waals surface area contributed by atoms with Gasteiger partial charge in [-0.15, -0.1) is 11.3 Å². The number of aromatic nitrogens is 3. The first-order valence-corrected chi connectivity index (χ1v) is 10.00. The molecule has 0 spiro atoms. The molecule has 1 aromatic carbocycles. The van der Waals surface area contributed by atoms with Crippen molar-refractivity contribution in [3.63, 3.8) is 0 Å². The van der Waals surface area contributed by atoms with Crippen LogP contribution in [0, 0.1) is 0 Å². The van der Waals surface area contributed by atoms with Gasteiger partial charge in [0.1, 0.15) is 5.69 Å². The number of carbonyl (C=O) groups is 1. The zero-order valence-electron chi connectivity index (χ0n) is 15.3. The van der Waals surface area contributed by atoms with Gasteiger partial charge in [0, 0.05) is 35.6 Å². The van der Waals surface area contributed by atoms with Crippen molar-refractivity contribution in [2.75, 3.05) is 6.54 Å². The Morgan fingerprint density at radius 2 is 1.96 bits per heavy atom. The SMILES string of the molecule is O=C(NCCc1cccs1)c1cn(Cc2ccccc2)nc1-c1cccnc1. The number of nitrogens with one attached hydrogen (secondary N) is 1. The van der Waals surface area contributed by atoms with Crippen LogP contribution in [0.25, 0.3) is 11.3 Å². The van der Waals surface area contributed by atoms with E-state index in [1.165, 1.54) is 4.88 Å². The molecule has 3 heterocycles. The maximum absolute atomic E-state index is 12.9. The second-order valence-corrected chi connectivity index (χ2v) is 7.43. The van der Waals surface area contributed by atoms with Crippen molar-refractivity contribution >= 4 is 17.2 Å². The summed E-state index contributed by atoms with van der Waals surface area (Å²) >= 11 is 1.70. The van der Waals surface area contributed by atoms with E-state index in [0.29, 0.717) is 24.3 Å². The third-order valence-electron chi connectivity index (χ3n) is 4.37. The number of thiophene rings is 1. The van der Waals surface area contributed by atoms with Gasteiger partial charge in [-0.3, -0.25) is 14.5 Å². The number of nitrogens with zero attached hydrogens (tertiary/aromatic N) is 3. The van der Waals surface area contributed by atoms with Crippen LogP contribution in [0.4, 0.5) is 0 Å². The Kier molecular flexibility index (Phi) is 5.58. The molecule has 0 saturated carbocycles. The predicted octanol–water partition coefficient (Wildman–Crippen LogP) is 4.03. The van der Waals surface area contributed by atoms with Gasteiger partial charge in [0.15, 0.2) is 0 Å². The molecule has 6 heteroatoms. The van der Waals surface area contributed by atoms with Gasteiger partial charge in [0.25, 0.3) is 5.91 Å². The standard InChI is InChI=1S/C22H20N4OS/c27-22(24-12-10-19-9-5-13-28-19)20-16-26(15-17-6-2-1-3-7-17)25-21(20)18-8-4-11-23-14-18/h1-9,11,13-14,16H,10,12,15H2,(H,24,27). The lowest BCUT2D eigenvalue weighted by atomic mass is 10.1. The van der Waals surface area contributed by atoms with Crippen LogP contribution in [-0.4, -0.2) is 27.2 Å². The summed E-state index contributed by atoms with van der Waals surface area (Å²) in [4.78, 5) is 18.3. The number of rotatable bonds is 7. The summed E-state index contributed by atoms with van der Waals surface area (Å²) in [5, 5.41) is 9.74. The molecule has 0 bridgehead atoms. The Balaban J connectivity index is 1.56. The van der Waals surface area contributed by atoms with Crippen LogP contribution in [0.15, 0.2) is 78.6 Å². The molecule has 140 valence electrons. The highest BCUT2D eigenvalue weighted by atomic mass is 32.1. The van der Waals surface area contributed by atoms with Crippen molar-refractivity contribution in [1.29, 1.82) is 0 Å². The summed E-state index contributed by atoms with van der Waals surface area (Å²) in [5.74, 6) is -0.116. The molecular weight excluding hydrogens is 368 g/mol. The topological polar surface area (TPSA) is 59.8 Å².